The maximum Gasteiger partial charge on any atom is 0.0688 e. The minimum absolute atomic E-state index is 0.0959. The van der Waals surface area contributed by atoms with Gasteiger partial charge in [0.2, 0.25) is 0 Å². The van der Waals surface area contributed by atoms with E-state index in [2.05, 4.69) is 45.9 Å². The molecule has 76 valence electrons. The normalized spacial score (nSPS) is 16.6. The van der Waals surface area contributed by atoms with Crippen molar-refractivity contribution in [3.63, 3.8) is 0 Å². The van der Waals surface area contributed by atoms with Crippen LogP contribution in [0, 0.1) is 5.92 Å². The van der Waals surface area contributed by atoms with Crippen LogP contribution in [0.4, 0.5) is 0 Å². The summed E-state index contributed by atoms with van der Waals surface area (Å²) in [5.41, 5.74) is 1.23. The second-order valence-electron chi connectivity index (χ2n) is 3.82. The van der Waals surface area contributed by atoms with Gasteiger partial charge in [0.05, 0.1) is 5.60 Å². The molecule has 0 aliphatic rings. The number of ether oxygens (including phenoxy) is 1. The summed E-state index contributed by atoms with van der Waals surface area (Å²) in [6.45, 7) is 10.5. The summed E-state index contributed by atoms with van der Waals surface area (Å²) >= 11 is 0. The molecule has 1 heteroatoms. The monoisotopic (exact) mass is 182 g/mol. The minimum atomic E-state index is -0.0959. The quantitative estimate of drug-likeness (QED) is 0.604. The lowest BCUT2D eigenvalue weighted by Gasteiger charge is -2.31. The molecule has 0 bridgehead atoms. The molecule has 0 fully saturated rings. The molecule has 0 radical (unpaired) electrons. The fourth-order valence-electron chi connectivity index (χ4n) is 1.26. The third-order valence-electron chi connectivity index (χ3n) is 2.76. The molecule has 1 nitrogen and oxygen atoms in total. The van der Waals surface area contributed by atoms with Crippen molar-refractivity contribution in [2.75, 3.05) is 7.11 Å². The molecular formula is C12H22O. The second-order valence-corrected chi connectivity index (χ2v) is 3.82. The van der Waals surface area contributed by atoms with Crippen molar-refractivity contribution in [3.8, 4) is 0 Å². The summed E-state index contributed by atoms with van der Waals surface area (Å²) in [7, 11) is 1.76. The van der Waals surface area contributed by atoms with E-state index in [0.717, 1.165) is 0 Å². The first-order valence-electron chi connectivity index (χ1n) is 4.83. The van der Waals surface area contributed by atoms with Crippen LogP contribution in [0.25, 0.3) is 0 Å². The molecule has 13 heavy (non-hydrogen) atoms. The predicted octanol–water partition coefficient (Wildman–Crippen LogP) is 3.57. The number of allylic oxidation sites excluding steroid dienone is 3. The molecule has 0 heterocycles. The molecule has 0 rings (SSSR count). The van der Waals surface area contributed by atoms with Crippen molar-refractivity contribution in [3.05, 3.63) is 23.8 Å². The smallest absolute Gasteiger partial charge is 0.0688 e. The third kappa shape index (κ3) is 3.35. The summed E-state index contributed by atoms with van der Waals surface area (Å²) in [4.78, 5) is 0. The molecule has 0 aliphatic heterocycles. The van der Waals surface area contributed by atoms with Crippen LogP contribution in [0.1, 0.15) is 34.6 Å². The Morgan fingerprint density at radius 1 is 1.31 bits per heavy atom. The molecule has 0 saturated carbocycles. The first kappa shape index (κ1) is 12.4. The van der Waals surface area contributed by atoms with Crippen LogP contribution in [0.2, 0.25) is 0 Å². The van der Waals surface area contributed by atoms with Gasteiger partial charge >= 0.3 is 0 Å². The van der Waals surface area contributed by atoms with Crippen LogP contribution in [0.3, 0.4) is 0 Å². The van der Waals surface area contributed by atoms with Gasteiger partial charge in [0.25, 0.3) is 0 Å². The lowest BCUT2D eigenvalue weighted by atomic mass is 9.85. The van der Waals surface area contributed by atoms with E-state index in [-0.39, 0.29) is 5.60 Å². The van der Waals surface area contributed by atoms with Crippen molar-refractivity contribution < 1.29 is 4.74 Å². The third-order valence-corrected chi connectivity index (χ3v) is 2.76. The van der Waals surface area contributed by atoms with Gasteiger partial charge < -0.3 is 4.74 Å². The largest absolute Gasteiger partial charge is 0.378 e. The Balaban J connectivity index is 4.65. The van der Waals surface area contributed by atoms with Crippen LogP contribution in [0.15, 0.2) is 23.8 Å². The highest BCUT2D eigenvalue weighted by molar-refractivity contribution is 5.22. The van der Waals surface area contributed by atoms with Crippen LogP contribution in [-0.4, -0.2) is 12.7 Å². The van der Waals surface area contributed by atoms with E-state index in [1.165, 1.54) is 5.57 Å². The molecule has 0 N–H and O–H groups in total. The number of hydrogen-bond acceptors (Lipinski definition) is 1. The Hall–Kier alpha value is -0.560. The Kier molecular flexibility index (Phi) is 5.01. The van der Waals surface area contributed by atoms with Gasteiger partial charge in [-0.3, -0.25) is 0 Å². The van der Waals surface area contributed by atoms with E-state index in [1.54, 1.807) is 7.11 Å². The van der Waals surface area contributed by atoms with E-state index >= 15 is 0 Å². The topological polar surface area (TPSA) is 9.23 Å². The molecule has 0 aliphatic carbocycles. The predicted molar refractivity (Wildman–Crippen MR) is 58.8 cm³/mol. The molecule has 0 aromatic carbocycles. The lowest BCUT2D eigenvalue weighted by molar-refractivity contribution is -0.00908. The SMILES string of the molecule is C/C=C\C(=C/C)[C@H](C)C(C)(C)OC. The fraction of sp³-hybridized carbons (Fsp3) is 0.667. The number of hydrogen-bond donors (Lipinski definition) is 0. The van der Waals surface area contributed by atoms with Gasteiger partial charge in [-0.15, -0.1) is 0 Å². The van der Waals surface area contributed by atoms with Crippen LogP contribution < -0.4 is 0 Å². The van der Waals surface area contributed by atoms with E-state index < -0.39 is 0 Å². The number of rotatable bonds is 4. The van der Waals surface area contributed by atoms with Gasteiger partial charge in [-0.05, 0) is 33.3 Å². The second kappa shape index (κ2) is 5.23. The fourth-order valence-corrected chi connectivity index (χ4v) is 1.26. The van der Waals surface area contributed by atoms with Gasteiger partial charge in [-0.25, -0.2) is 0 Å². The van der Waals surface area contributed by atoms with Crippen molar-refractivity contribution in [1.82, 2.24) is 0 Å². The van der Waals surface area contributed by atoms with E-state index in [9.17, 15) is 0 Å². The zero-order valence-corrected chi connectivity index (χ0v) is 9.72. The van der Waals surface area contributed by atoms with Gasteiger partial charge in [-0.2, -0.15) is 0 Å². The Morgan fingerprint density at radius 2 is 1.85 bits per heavy atom. The molecule has 0 unspecified atom stereocenters. The van der Waals surface area contributed by atoms with E-state index in [4.69, 9.17) is 4.74 Å². The van der Waals surface area contributed by atoms with Crippen molar-refractivity contribution in [1.29, 1.82) is 0 Å². The van der Waals surface area contributed by atoms with Gasteiger partial charge in [-0.1, -0.05) is 25.2 Å². The molecular weight excluding hydrogens is 160 g/mol. The van der Waals surface area contributed by atoms with Gasteiger partial charge in [0, 0.05) is 13.0 Å². The summed E-state index contributed by atoms with van der Waals surface area (Å²) in [5, 5.41) is 0. The highest BCUT2D eigenvalue weighted by atomic mass is 16.5. The van der Waals surface area contributed by atoms with Crippen LogP contribution in [0.5, 0.6) is 0 Å². The molecule has 0 aromatic heterocycles. The van der Waals surface area contributed by atoms with Gasteiger partial charge in [0.1, 0.15) is 0 Å². The Labute approximate surface area is 82.5 Å². The summed E-state index contributed by atoms with van der Waals surface area (Å²) in [6, 6.07) is 0. The standard InChI is InChI=1S/C12H22O/c1-7-9-11(8-2)10(3)12(4,5)13-6/h7-10H,1-6H3/b9-7-,11-8+/t10-/m0/s1. The highest BCUT2D eigenvalue weighted by Gasteiger charge is 2.26. The minimum Gasteiger partial charge on any atom is -0.378 e. The Morgan fingerprint density at radius 3 is 2.15 bits per heavy atom. The lowest BCUT2D eigenvalue weighted by Crippen LogP contribution is -2.32. The zero-order chi connectivity index (χ0) is 10.5. The highest BCUT2D eigenvalue weighted by Crippen LogP contribution is 2.27. The maximum atomic E-state index is 5.45. The van der Waals surface area contributed by atoms with E-state index in [1.807, 2.05) is 6.92 Å². The first-order valence-corrected chi connectivity index (χ1v) is 4.83. The van der Waals surface area contributed by atoms with Crippen LogP contribution in [-0.2, 0) is 4.74 Å². The average molecular weight is 182 g/mol. The first-order chi connectivity index (χ1) is 5.99. The zero-order valence-electron chi connectivity index (χ0n) is 9.72. The van der Waals surface area contributed by atoms with Gasteiger partial charge in [0.15, 0.2) is 0 Å². The summed E-state index contributed by atoms with van der Waals surface area (Å²) in [5.74, 6) is 0.415. The van der Waals surface area contributed by atoms with Crippen LogP contribution >= 0.6 is 0 Å². The maximum absolute atomic E-state index is 5.45. The van der Waals surface area contributed by atoms with E-state index in [0.29, 0.717) is 5.92 Å². The summed E-state index contributed by atoms with van der Waals surface area (Å²) < 4.78 is 5.45. The molecule has 0 saturated heterocycles. The van der Waals surface area contributed by atoms with Crippen molar-refractivity contribution in [2.45, 2.75) is 40.2 Å². The summed E-state index contributed by atoms with van der Waals surface area (Å²) in [6.07, 6.45) is 6.36. The number of methoxy groups -OCH3 is 1. The molecule has 0 aromatic rings. The Bertz CT molecular complexity index is 199. The molecule has 0 amide bonds. The molecule has 0 spiro atoms. The molecule has 1 atom stereocenters. The van der Waals surface area contributed by atoms with Crippen molar-refractivity contribution in [2.24, 2.45) is 5.92 Å². The average Bonchev–Trinajstić information content (AvgIpc) is 2.13. The van der Waals surface area contributed by atoms with Crippen molar-refractivity contribution >= 4 is 0 Å².